The van der Waals surface area contributed by atoms with Crippen LogP contribution in [0.1, 0.15) is 21.5 Å². The molecule has 104 valence electrons. The number of anilines is 1. The van der Waals surface area contributed by atoms with Crippen molar-refractivity contribution >= 4 is 27.6 Å². The third kappa shape index (κ3) is 3.39. The molecule has 0 aliphatic heterocycles. The molecule has 2 aromatic carbocycles. The molecular weight excluding hydrogens is 318 g/mol. The first-order chi connectivity index (χ1) is 9.59. The second-order valence-electron chi connectivity index (χ2n) is 4.57. The second kappa shape index (κ2) is 6.57. The normalized spacial score (nSPS) is 10.3. The summed E-state index contributed by atoms with van der Waals surface area (Å²) in [5.41, 5.74) is 3.44. The van der Waals surface area contributed by atoms with E-state index in [1.165, 1.54) is 11.1 Å². The molecule has 2 N–H and O–H groups in total. The van der Waals surface area contributed by atoms with Gasteiger partial charge in [0.1, 0.15) is 0 Å². The molecule has 2 aromatic rings. The molecule has 20 heavy (non-hydrogen) atoms. The van der Waals surface area contributed by atoms with Crippen molar-refractivity contribution in [3.05, 3.63) is 63.6 Å². The molecule has 3 nitrogen and oxygen atoms in total. The van der Waals surface area contributed by atoms with Gasteiger partial charge in [0.05, 0.1) is 5.56 Å². The first kappa shape index (κ1) is 14.6. The third-order valence-electron chi connectivity index (χ3n) is 3.20. The molecule has 0 atom stereocenters. The maximum absolute atomic E-state index is 11.3. The van der Waals surface area contributed by atoms with Gasteiger partial charge in [-0.3, -0.25) is 0 Å². The number of aromatic carboxylic acids is 1. The zero-order valence-electron chi connectivity index (χ0n) is 11.2. The summed E-state index contributed by atoms with van der Waals surface area (Å²) in [5, 5.41) is 12.4. The molecule has 0 fully saturated rings. The number of hydrogen-bond donors (Lipinski definition) is 2. The Morgan fingerprint density at radius 2 is 1.95 bits per heavy atom. The van der Waals surface area contributed by atoms with E-state index in [1.807, 2.05) is 18.2 Å². The minimum Gasteiger partial charge on any atom is -0.478 e. The van der Waals surface area contributed by atoms with Gasteiger partial charge in [-0.15, -0.1) is 0 Å². The third-order valence-corrected chi connectivity index (χ3v) is 3.86. The minimum absolute atomic E-state index is 0.275. The molecular formula is C16H16BrNO2. The summed E-state index contributed by atoms with van der Waals surface area (Å²) in [6.07, 6.45) is 0.859. The van der Waals surface area contributed by atoms with Crippen LogP contribution < -0.4 is 5.32 Å². The fourth-order valence-electron chi connectivity index (χ4n) is 2.11. The van der Waals surface area contributed by atoms with Gasteiger partial charge in [-0.05, 0) is 52.5 Å². The number of aryl methyl sites for hydroxylation is 1. The molecule has 0 bridgehead atoms. The van der Waals surface area contributed by atoms with Gasteiger partial charge in [-0.2, -0.15) is 0 Å². The molecule has 0 radical (unpaired) electrons. The van der Waals surface area contributed by atoms with Gasteiger partial charge >= 0.3 is 5.97 Å². The highest BCUT2D eigenvalue weighted by Gasteiger charge is 2.13. The Bertz CT molecular complexity index is 626. The van der Waals surface area contributed by atoms with Crippen LogP contribution in [0.3, 0.4) is 0 Å². The van der Waals surface area contributed by atoms with E-state index in [9.17, 15) is 9.90 Å². The highest BCUT2D eigenvalue weighted by atomic mass is 79.9. The van der Waals surface area contributed by atoms with E-state index >= 15 is 0 Å². The summed E-state index contributed by atoms with van der Waals surface area (Å²) in [6, 6.07) is 13.6. The number of nitrogens with one attached hydrogen (secondary N) is 1. The average molecular weight is 334 g/mol. The summed E-state index contributed by atoms with van der Waals surface area (Å²) >= 11 is 3.28. The monoisotopic (exact) mass is 333 g/mol. The van der Waals surface area contributed by atoms with Crippen LogP contribution in [0.2, 0.25) is 0 Å². The Morgan fingerprint density at radius 1 is 1.20 bits per heavy atom. The summed E-state index contributed by atoms with van der Waals surface area (Å²) < 4.78 is 0.589. The zero-order chi connectivity index (χ0) is 14.5. The molecule has 4 heteroatoms. The second-order valence-corrected chi connectivity index (χ2v) is 5.43. The van der Waals surface area contributed by atoms with Crippen LogP contribution in [0.15, 0.2) is 46.9 Å². The first-order valence-electron chi connectivity index (χ1n) is 6.40. The van der Waals surface area contributed by atoms with Gasteiger partial charge in [0.2, 0.25) is 0 Å². The molecule has 0 amide bonds. The fourth-order valence-corrected chi connectivity index (χ4v) is 2.65. The van der Waals surface area contributed by atoms with E-state index in [-0.39, 0.29) is 5.56 Å². The minimum atomic E-state index is -0.934. The lowest BCUT2D eigenvalue weighted by Crippen LogP contribution is -2.10. The van der Waals surface area contributed by atoms with Crippen molar-refractivity contribution in [2.75, 3.05) is 11.9 Å². The first-order valence-corrected chi connectivity index (χ1v) is 7.19. The van der Waals surface area contributed by atoms with Gasteiger partial charge < -0.3 is 10.4 Å². The number of carbonyl (C=O) groups is 1. The molecule has 0 aliphatic carbocycles. The van der Waals surface area contributed by atoms with Crippen molar-refractivity contribution in [2.24, 2.45) is 0 Å². The van der Waals surface area contributed by atoms with Crippen molar-refractivity contribution in [3.8, 4) is 0 Å². The van der Waals surface area contributed by atoms with Gasteiger partial charge in [-0.25, -0.2) is 4.79 Å². The molecule has 0 spiro atoms. The lowest BCUT2D eigenvalue weighted by molar-refractivity contribution is 0.0697. The van der Waals surface area contributed by atoms with E-state index in [0.29, 0.717) is 16.7 Å². The number of benzene rings is 2. The molecule has 0 saturated heterocycles. The Balaban J connectivity index is 2.07. The Kier molecular flexibility index (Phi) is 4.79. The Hall–Kier alpha value is -1.81. The Morgan fingerprint density at radius 3 is 2.65 bits per heavy atom. The molecule has 0 saturated carbocycles. The van der Waals surface area contributed by atoms with Crippen LogP contribution in [0.4, 0.5) is 5.69 Å². The predicted octanol–water partition coefficient (Wildman–Crippen LogP) is 4.11. The van der Waals surface area contributed by atoms with Gasteiger partial charge in [0, 0.05) is 16.7 Å². The van der Waals surface area contributed by atoms with Crippen LogP contribution >= 0.6 is 15.9 Å². The Labute approximate surface area is 126 Å². The highest BCUT2D eigenvalue weighted by Crippen LogP contribution is 2.24. The predicted molar refractivity (Wildman–Crippen MR) is 84.5 cm³/mol. The largest absolute Gasteiger partial charge is 0.478 e. The molecule has 0 unspecified atom stereocenters. The summed E-state index contributed by atoms with van der Waals surface area (Å²) in [5.74, 6) is -0.934. The standard InChI is InChI=1S/C16H16BrNO2/c1-11-5-2-3-6-12(11)9-10-18-14-8-4-7-13(17)15(14)16(19)20/h2-8,18H,9-10H2,1H3,(H,19,20). The quantitative estimate of drug-likeness (QED) is 0.865. The fraction of sp³-hybridized carbons (Fsp3) is 0.188. The van der Waals surface area contributed by atoms with Crippen LogP contribution in [0, 0.1) is 6.92 Å². The molecule has 0 aliphatic rings. The van der Waals surface area contributed by atoms with Crippen LogP contribution in [-0.2, 0) is 6.42 Å². The average Bonchev–Trinajstić information content (AvgIpc) is 2.40. The number of rotatable bonds is 5. The van der Waals surface area contributed by atoms with E-state index in [1.54, 1.807) is 12.1 Å². The van der Waals surface area contributed by atoms with E-state index in [2.05, 4.69) is 40.3 Å². The number of hydrogen-bond acceptors (Lipinski definition) is 2. The zero-order valence-corrected chi connectivity index (χ0v) is 12.8. The maximum Gasteiger partial charge on any atom is 0.338 e. The number of halogens is 1. The SMILES string of the molecule is Cc1ccccc1CCNc1cccc(Br)c1C(=O)O. The lowest BCUT2D eigenvalue weighted by atomic mass is 10.1. The smallest absolute Gasteiger partial charge is 0.338 e. The lowest BCUT2D eigenvalue weighted by Gasteiger charge is -2.11. The van der Waals surface area contributed by atoms with Crippen molar-refractivity contribution in [1.82, 2.24) is 0 Å². The molecule has 2 rings (SSSR count). The van der Waals surface area contributed by atoms with Crippen LogP contribution in [0.25, 0.3) is 0 Å². The van der Waals surface area contributed by atoms with Crippen LogP contribution in [-0.4, -0.2) is 17.6 Å². The number of carboxylic acids is 1. The summed E-state index contributed by atoms with van der Waals surface area (Å²) in [7, 11) is 0. The number of carboxylic acid groups (broad SMARTS) is 1. The van der Waals surface area contributed by atoms with Crippen molar-refractivity contribution in [3.63, 3.8) is 0 Å². The van der Waals surface area contributed by atoms with Crippen molar-refractivity contribution in [2.45, 2.75) is 13.3 Å². The molecule has 0 heterocycles. The topological polar surface area (TPSA) is 49.3 Å². The maximum atomic E-state index is 11.3. The highest BCUT2D eigenvalue weighted by molar-refractivity contribution is 9.10. The van der Waals surface area contributed by atoms with Crippen LogP contribution in [0.5, 0.6) is 0 Å². The molecule has 0 aromatic heterocycles. The summed E-state index contributed by atoms with van der Waals surface area (Å²) in [6.45, 7) is 2.78. The summed E-state index contributed by atoms with van der Waals surface area (Å²) in [4.78, 5) is 11.3. The van der Waals surface area contributed by atoms with E-state index in [0.717, 1.165) is 6.42 Å². The van der Waals surface area contributed by atoms with E-state index in [4.69, 9.17) is 0 Å². The van der Waals surface area contributed by atoms with Gasteiger partial charge in [0.25, 0.3) is 0 Å². The van der Waals surface area contributed by atoms with E-state index < -0.39 is 5.97 Å². The van der Waals surface area contributed by atoms with Gasteiger partial charge in [0.15, 0.2) is 0 Å². The van der Waals surface area contributed by atoms with Crippen molar-refractivity contribution < 1.29 is 9.90 Å². The van der Waals surface area contributed by atoms with Gasteiger partial charge in [-0.1, -0.05) is 30.3 Å². The van der Waals surface area contributed by atoms with Crippen molar-refractivity contribution in [1.29, 1.82) is 0 Å².